The van der Waals surface area contributed by atoms with Gasteiger partial charge in [-0.25, -0.2) is 18.1 Å². The summed E-state index contributed by atoms with van der Waals surface area (Å²) in [6.07, 6.45) is 0. The lowest BCUT2D eigenvalue weighted by Crippen LogP contribution is -2.48. The molecule has 5 aromatic rings. The van der Waals surface area contributed by atoms with Crippen LogP contribution in [-0.4, -0.2) is 42.2 Å². The van der Waals surface area contributed by atoms with Crippen molar-refractivity contribution in [2.45, 2.75) is 42.5 Å². The minimum absolute atomic E-state index is 0.0451. The van der Waals surface area contributed by atoms with E-state index in [0.29, 0.717) is 27.4 Å². The number of methoxy groups -OCH3 is 1. The number of ether oxygens (including phenoxy) is 1. The summed E-state index contributed by atoms with van der Waals surface area (Å²) in [5.74, 6) is 0.703. The summed E-state index contributed by atoms with van der Waals surface area (Å²) in [6, 6.07) is 23.8. The van der Waals surface area contributed by atoms with Crippen molar-refractivity contribution in [3.63, 3.8) is 0 Å². The molecule has 0 aliphatic carbocycles. The molecule has 0 fully saturated rings. The number of halogens is 1. The molecular weight excluding hydrogens is 682 g/mol. The van der Waals surface area contributed by atoms with Crippen LogP contribution in [0.4, 0.5) is 17.2 Å². The first-order valence-electron chi connectivity index (χ1n) is 14.9. The number of nitrogens with zero attached hydrogens (tertiary/aromatic N) is 4. The van der Waals surface area contributed by atoms with E-state index in [2.05, 4.69) is 35.1 Å². The van der Waals surface area contributed by atoms with Crippen molar-refractivity contribution in [1.29, 1.82) is 0 Å². The number of phenolic OH excluding ortho intramolecular Hbond substituents is 1. The highest BCUT2D eigenvalue weighted by molar-refractivity contribution is 9.10. The van der Waals surface area contributed by atoms with Gasteiger partial charge in [-0.05, 0) is 101 Å². The number of benzene rings is 4. The maximum absolute atomic E-state index is 13.6. The number of sulfone groups is 1. The summed E-state index contributed by atoms with van der Waals surface area (Å²) in [5.41, 5.74) is 5.12. The summed E-state index contributed by atoms with van der Waals surface area (Å²) in [6.45, 7) is 5.98. The predicted octanol–water partition coefficient (Wildman–Crippen LogP) is 7.21. The second-order valence-electron chi connectivity index (χ2n) is 11.7. The first-order chi connectivity index (χ1) is 22.5. The Morgan fingerprint density at radius 2 is 1.64 bits per heavy atom. The van der Waals surface area contributed by atoms with Crippen LogP contribution in [0.1, 0.15) is 48.2 Å². The van der Waals surface area contributed by atoms with Gasteiger partial charge in [0.1, 0.15) is 0 Å². The molecule has 2 N–H and O–H groups in total. The minimum atomic E-state index is -3.76. The van der Waals surface area contributed by atoms with E-state index in [0.717, 1.165) is 22.4 Å². The number of para-hydroxylation sites is 2. The number of carbonyl (C=O) groups excluding carboxylic acids is 1. The Morgan fingerprint density at radius 1 is 0.979 bits per heavy atom. The van der Waals surface area contributed by atoms with Gasteiger partial charge in [-0.3, -0.25) is 4.79 Å². The van der Waals surface area contributed by atoms with Crippen LogP contribution in [0.5, 0.6) is 11.5 Å². The van der Waals surface area contributed by atoms with Crippen LogP contribution < -0.4 is 15.0 Å². The van der Waals surface area contributed by atoms with E-state index < -0.39 is 15.9 Å². The largest absolute Gasteiger partial charge is 0.503 e. The van der Waals surface area contributed by atoms with Crippen LogP contribution in [0.3, 0.4) is 0 Å². The second kappa shape index (κ2) is 11.4. The molecule has 0 saturated carbocycles. The van der Waals surface area contributed by atoms with Gasteiger partial charge in [-0.15, -0.1) is 0 Å². The number of carbonyl (C=O) groups is 1. The van der Waals surface area contributed by atoms with Gasteiger partial charge in [-0.2, -0.15) is 5.10 Å². The SMILES string of the molecule is COc1cc([C@H]2c3c(C)nn(-c4ccc(S(=O)(=O)c5ccc(C(C)C)cc5)cc4)c3N=C3C(=O)Nc4ccccc4N32)cc(Br)c1O. The number of rotatable bonds is 6. The molecule has 7 rings (SSSR count). The molecule has 4 aromatic carbocycles. The van der Waals surface area contributed by atoms with Crippen LogP contribution in [0, 0.1) is 6.92 Å². The topological polar surface area (TPSA) is 126 Å². The Bertz CT molecular complexity index is 2210. The molecular formula is C35H30BrN5O5S. The molecule has 47 heavy (non-hydrogen) atoms. The third kappa shape index (κ3) is 4.99. The zero-order valence-electron chi connectivity index (χ0n) is 25.9. The standard InChI is InChI=1S/C35H30BrN5O5S/c1-19(2)21-9-13-24(14-10-21)47(44,45)25-15-11-23(12-16-25)41-33-30(20(3)39-41)31(22-17-26(36)32(42)29(18-22)46-4)40-28-8-6-5-7-27(28)37-35(43)34(40)38-33/h5-19,31,42H,1-4H3,(H,37,43)/t31-/m0/s1. The number of fused-ring (bicyclic) bond motifs is 4. The number of phenols is 1. The molecule has 2 aliphatic rings. The number of aromatic nitrogens is 2. The molecule has 0 unspecified atom stereocenters. The lowest BCUT2D eigenvalue weighted by Gasteiger charge is -2.40. The van der Waals surface area contributed by atoms with Gasteiger partial charge in [-0.1, -0.05) is 38.1 Å². The number of anilines is 2. The lowest BCUT2D eigenvalue weighted by molar-refractivity contribution is -0.110. The number of amides is 1. The first kappa shape index (κ1) is 30.7. The van der Waals surface area contributed by atoms with Crippen molar-refractivity contribution >= 4 is 54.7 Å². The van der Waals surface area contributed by atoms with Gasteiger partial charge in [0.05, 0.1) is 50.2 Å². The van der Waals surface area contributed by atoms with E-state index in [1.54, 1.807) is 53.2 Å². The zero-order valence-corrected chi connectivity index (χ0v) is 28.3. The molecule has 2 aliphatic heterocycles. The fraction of sp³-hybridized carbons (Fsp3) is 0.171. The summed E-state index contributed by atoms with van der Waals surface area (Å²) in [4.78, 5) is 20.7. The van der Waals surface area contributed by atoms with Crippen LogP contribution in [0.2, 0.25) is 0 Å². The number of aryl methyl sites for hydroxylation is 1. The molecule has 238 valence electrons. The molecule has 3 heterocycles. The average Bonchev–Trinajstić information content (AvgIpc) is 3.41. The molecule has 0 radical (unpaired) electrons. The van der Waals surface area contributed by atoms with Crippen molar-refractivity contribution in [2.24, 2.45) is 4.99 Å². The highest BCUT2D eigenvalue weighted by Crippen LogP contribution is 2.49. The lowest BCUT2D eigenvalue weighted by atomic mass is 9.93. The van der Waals surface area contributed by atoms with Crippen LogP contribution >= 0.6 is 15.9 Å². The number of amidine groups is 1. The van der Waals surface area contributed by atoms with E-state index in [1.165, 1.54) is 7.11 Å². The van der Waals surface area contributed by atoms with E-state index in [1.807, 2.05) is 48.2 Å². The predicted molar refractivity (Wildman–Crippen MR) is 183 cm³/mol. The minimum Gasteiger partial charge on any atom is -0.503 e. The van der Waals surface area contributed by atoms with Crippen molar-refractivity contribution in [2.75, 3.05) is 17.3 Å². The van der Waals surface area contributed by atoms with Crippen LogP contribution in [0.25, 0.3) is 5.69 Å². The highest BCUT2D eigenvalue weighted by Gasteiger charge is 2.43. The Hall–Kier alpha value is -4.94. The summed E-state index contributed by atoms with van der Waals surface area (Å²) < 4.78 is 34.5. The molecule has 0 saturated heterocycles. The van der Waals surface area contributed by atoms with Gasteiger partial charge in [0.2, 0.25) is 15.7 Å². The maximum Gasteiger partial charge on any atom is 0.291 e. The van der Waals surface area contributed by atoms with Gasteiger partial charge in [0, 0.05) is 5.56 Å². The number of hydrogen-bond donors (Lipinski definition) is 2. The number of aliphatic imine (C=N–C) groups is 1. The smallest absolute Gasteiger partial charge is 0.291 e. The zero-order chi connectivity index (χ0) is 33.2. The summed E-state index contributed by atoms with van der Waals surface area (Å²) in [5, 5.41) is 18.4. The van der Waals surface area contributed by atoms with Gasteiger partial charge < -0.3 is 20.1 Å². The third-order valence-corrected chi connectivity index (χ3v) is 10.9. The van der Waals surface area contributed by atoms with Crippen LogP contribution in [-0.2, 0) is 14.6 Å². The second-order valence-corrected chi connectivity index (χ2v) is 14.5. The van der Waals surface area contributed by atoms with Crippen molar-refractivity contribution in [1.82, 2.24) is 9.78 Å². The molecule has 0 spiro atoms. The Labute approximate surface area is 280 Å². The van der Waals surface area contributed by atoms with E-state index in [-0.39, 0.29) is 39.0 Å². The number of nitrogens with one attached hydrogen (secondary N) is 1. The molecule has 10 nitrogen and oxygen atoms in total. The third-order valence-electron chi connectivity index (χ3n) is 8.50. The van der Waals surface area contributed by atoms with E-state index >= 15 is 0 Å². The fourth-order valence-electron chi connectivity index (χ4n) is 6.08. The quantitative estimate of drug-likeness (QED) is 0.191. The van der Waals surface area contributed by atoms with Gasteiger partial charge >= 0.3 is 0 Å². The van der Waals surface area contributed by atoms with Gasteiger partial charge in [0.25, 0.3) is 5.91 Å². The Kier molecular flexibility index (Phi) is 7.44. The highest BCUT2D eigenvalue weighted by atomic mass is 79.9. The van der Waals surface area contributed by atoms with Crippen LogP contribution in [0.15, 0.2) is 104 Å². The molecule has 1 aromatic heterocycles. The number of hydrogen-bond acceptors (Lipinski definition) is 8. The average molecular weight is 713 g/mol. The van der Waals surface area contributed by atoms with E-state index in [9.17, 15) is 18.3 Å². The summed E-state index contributed by atoms with van der Waals surface area (Å²) >= 11 is 3.46. The molecule has 0 bridgehead atoms. The monoisotopic (exact) mass is 711 g/mol. The normalized spacial score (nSPS) is 15.4. The Balaban J connectivity index is 1.37. The van der Waals surface area contributed by atoms with Gasteiger partial charge in [0.15, 0.2) is 17.3 Å². The Morgan fingerprint density at radius 3 is 2.30 bits per heavy atom. The van der Waals surface area contributed by atoms with E-state index in [4.69, 9.17) is 14.8 Å². The van der Waals surface area contributed by atoms with Crippen molar-refractivity contribution in [3.8, 4) is 17.2 Å². The fourth-order valence-corrected chi connectivity index (χ4v) is 7.80. The summed E-state index contributed by atoms with van der Waals surface area (Å²) in [7, 11) is -2.28. The van der Waals surface area contributed by atoms with Crippen molar-refractivity contribution in [3.05, 3.63) is 112 Å². The maximum atomic E-state index is 13.6. The number of aromatic hydroxyl groups is 1. The first-order valence-corrected chi connectivity index (χ1v) is 17.2. The molecule has 1 atom stereocenters. The molecule has 12 heteroatoms. The van der Waals surface area contributed by atoms with Crippen molar-refractivity contribution < 1.29 is 23.1 Å². The molecule has 1 amide bonds.